The summed E-state index contributed by atoms with van der Waals surface area (Å²) in [4.78, 5) is 23.7. The molecule has 0 aliphatic carbocycles. The van der Waals surface area contributed by atoms with Gasteiger partial charge in [0.05, 0.1) is 12.6 Å². The van der Waals surface area contributed by atoms with Gasteiger partial charge in [-0.1, -0.05) is 60.1 Å². The number of hydrogen-bond acceptors (Lipinski definition) is 5. The van der Waals surface area contributed by atoms with E-state index in [1.807, 2.05) is 4.90 Å². The van der Waals surface area contributed by atoms with Gasteiger partial charge in [0.2, 0.25) is 5.91 Å². The summed E-state index contributed by atoms with van der Waals surface area (Å²) in [5.74, 6) is 1.11. The quantitative estimate of drug-likeness (QED) is 0.307. The number of alkyl halides is 3. The van der Waals surface area contributed by atoms with Crippen molar-refractivity contribution in [1.29, 1.82) is 0 Å². The maximum Gasteiger partial charge on any atom is 0.393 e. The van der Waals surface area contributed by atoms with Crippen molar-refractivity contribution in [3.05, 3.63) is 82.4 Å². The molecule has 2 aromatic carbocycles. The van der Waals surface area contributed by atoms with E-state index in [1.54, 1.807) is 41.7 Å². The number of carbonyl (C=O) groups excluding carboxylic acids is 1. The summed E-state index contributed by atoms with van der Waals surface area (Å²) in [6, 6.07) is 13.2. The third-order valence-corrected chi connectivity index (χ3v) is 8.63. The highest BCUT2D eigenvalue weighted by Crippen LogP contribution is 2.40. The van der Waals surface area contributed by atoms with Gasteiger partial charge in [0.15, 0.2) is 0 Å². The molecule has 0 unspecified atom stereocenters. The van der Waals surface area contributed by atoms with Crippen molar-refractivity contribution in [1.82, 2.24) is 19.3 Å². The molecule has 2 aliphatic rings. The molecule has 0 radical (unpaired) electrons. The van der Waals surface area contributed by atoms with Gasteiger partial charge in [-0.05, 0) is 42.9 Å². The summed E-state index contributed by atoms with van der Waals surface area (Å²) >= 11 is 6.62. The average molecular weight is 584 g/mol. The monoisotopic (exact) mass is 583 g/mol. The minimum atomic E-state index is -4.35. The van der Waals surface area contributed by atoms with E-state index in [-0.39, 0.29) is 29.2 Å². The minimum absolute atomic E-state index is 0.0298. The Bertz CT molecular complexity index is 1630. The molecular weight excluding hydrogens is 555 g/mol. The Hall–Kier alpha value is -3.63. The zero-order valence-corrected chi connectivity index (χ0v) is 23.1. The van der Waals surface area contributed by atoms with Crippen LogP contribution in [0.25, 0.3) is 16.8 Å². The molecule has 0 saturated carbocycles. The lowest BCUT2D eigenvalue weighted by atomic mass is 9.86. The average Bonchev–Trinajstić information content (AvgIpc) is 3.52. The Kier molecular flexibility index (Phi) is 6.73. The molecular formula is C30H29ClF3N5O2. The number of anilines is 1. The Morgan fingerprint density at radius 2 is 1.85 bits per heavy atom. The number of nitrogens with two attached hydrogens (primary N) is 1. The number of halogens is 4. The van der Waals surface area contributed by atoms with E-state index in [0.29, 0.717) is 51.8 Å². The van der Waals surface area contributed by atoms with Crippen LogP contribution in [0.1, 0.15) is 61.0 Å². The van der Waals surface area contributed by atoms with E-state index >= 15 is 0 Å². The lowest BCUT2D eigenvalue weighted by Gasteiger charge is -2.34. The SMILES string of the molecule is C[C@@](O)(c1ccc(-c2nc([C@@H]3CC[C@H]4CCC(=O)N4C3)n3c(Cl)cnc(N)c23)cc1)c1cccc(CC(F)(F)F)c1. The number of hydrogen-bond donors (Lipinski definition) is 2. The molecule has 41 heavy (non-hydrogen) atoms. The van der Waals surface area contributed by atoms with Crippen LogP contribution in [0, 0.1) is 0 Å². The molecule has 7 nitrogen and oxygen atoms in total. The molecule has 3 atom stereocenters. The molecule has 11 heteroatoms. The second-order valence-electron chi connectivity index (χ2n) is 11.1. The molecule has 214 valence electrons. The lowest BCUT2D eigenvalue weighted by molar-refractivity contribution is -0.130. The first kappa shape index (κ1) is 27.5. The fourth-order valence-corrected chi connectivity index (χ4v) is 6.44. The maximum absolute atomic E-state index is 12.9. The molecule has 0 bridgehead atoms. The second kappa shape index (κ2) is 10.0. The van der Waals surface area contributed by atoms with Gasteiger partial charge in [-0.25, -0.2) is 9.97 Å². The van der Waals surface area contributed by atoms with Crippen LogP contribution in [-0.2, 0) is 16.8 Å². The van der Waals surface area contributed by atoms with Gasteiger partial charge < -0.3 is 15.7 Å². The van der Waals surface area contributed by atoms with E-state index in [9.17, 15) is 23.1 Å². The van der Waals surface area contributed by atoms with Crippen molar-refractivity contribution in [2.24, 2.45) is 0 Å². The van der Waals surface area contributed by atoms with Crippen LogP contribution in [0.2, 0.25) is 5.15 Å². The molecule has 0 spiro atoms. The zero-order valence-electron chi connectivity index (χ0n) is 22.3. The maximum atomic E-state index is 12.9. The van der Waals surface area contributed by atoms with E-state index in [4.69, 9.17) is 22.3 Å². The van der Waals surface area contributed by atoms with E-state index < -0.39 is 18.2 Å². The lowest BCUT2D eigenvalue weighted by Crippen LogP contribution is -2.41. The second-order valence-corrected chi connectivity index (χ2v) is 11.5. The summed E-state index contributed by atoms with van der Waals surface area (Å²) < 4.78 is 40.7. The highest BCUT2D eigenvalue weighted by atomic mass is 35.5. The van der Waals surface area contributed by atoms with Gasteiger partial charge in [-0.3, -0.25) is 9.20 Å². The molecule has 4 heterocycles. The number of nitrogens with zero attached hydrogens (tertiary/aromatic N) is 4. The number of benzene rings is 2. The third kappa shape index (κ3) is 5.04. The van der Waals surface area contributed by atoms with Crippen molar-refractivity contribution in [2.75, 3.05) is 12.3 Å². The first-order chi connectivity index (χ1) is 19.4. The van der Waals surface area contributed by atoms with Crippen LogP contribution in [0.5, 0.6) is 0 Å². The van der Waals surface area contributed by atoms with Gasteiger partial charge in [0.1, 0.15) is 33.6 Å². The normalized spacial score (nSPS) is 20.8. The number of nitrogen functional groups attached to an aromatic ring is 1. The van der Waals surface area contributed by atoms with Crippen molar-refractivity contribution >= 4 is 28.8 Å². The fourth-order valence-electron chi connectivity index (χ4n) is 6.22. The van der Waals surface area contributed by atoms with E-state index in [2.05, 4.69) is 4.98 Å². The number of fused-ring (bicyclic) bond motifs is 2. The first-order valence-electron chi connectivity index (χ1n) is 13.5. The minimum Gasteiger partial charge on any atom is -0.382 e. The Morgan fingerprint density at radius 1 is 1.10 bits per heavy atom. The van der Waals surface area contributed by atoms with Crippen LogP contribution in [0.4, 0.5) is 19.0 Å². The molecule has 2 aromatic heterocycles. The van der Waals surface area contributed by atoms with Crippen LogP contribution in [0.15, 0.2) is 54.7 Å². The Labute approximate surface area is 239 Å². The summed E-state index contributed by atoms with van der Waals surface area (Å²) in [6.45, 7) is 2.12. The largest absolute Gasteiger partial charge is 0.393 e. The molecule has 4 aromatic rings. The number of imidazole rings is 1. The van der Waals surface area contributed by atoms with Crippen LogP contribution in [-0.4, -0.2) is 49.0 Å². The number of amides is 1. The number of piperidine rings is 1. The Morgan fingerprint density at radius 3 is 2.59 bits per heavy atom. The number of carbonyl (C=O) groups is 1. The van der Waals surface area contributed by atoms with Crippen LogP contribution < -0.4 is 5.73 Å². The van der Waals surface area contributed by atoms with Crippen LogP contribution in [0.3, 0.4) is 0 Å². The highest BCUT2D eigenvalue weighted by Gasteiger charge is 2.39. The summed E-state index contributed by atoms with van der Waals surface area (Å²) in [5.41, 5.74) is 7.57. The fraction of sp³-hybridized carbons (Fsp3) is 0.367. The summed E-state index contributed by atoms with van der Waals surface area (Å²) in [5, 5.41) is 11.7. The van der Waals surface area contributed by atoms with Crippen molar-refractivity contribution in [2.45, 2.75) is 62.8 Å². The molecule has 3 N–H and O–H groups in total. The highest BCUT2D eigenvalue weighted by molar-refractivity contribution is 6.30. The van der Waals surface area contributed by atoms with Crippen molar-refractivity contribution in [3.8, 4) is 11.3 Å². The molecule has 2 aliphatic heterocycles. The predicted octanol–water partition coefficient (Wildman–Crippen LogP) is 5.86. The molecule has 6 rings (SSSR count). The van der Waals surface area contributed by atoms with Gasteiger partial charge in [0.25, 0.3) is 0 Å². The smallest absolute Gasteiger partial charge is 0.382 e. The number of aromatic nitrogens is 3. The predicted molar refractivity (Wildman–Crippen MR) is 149 cm³/mol. The third-order valence-electron chi connectivity index (χ3n) is 8.37. The van der Waals surface area contributed by atoms with Gasteiger partial charge in [-0.15, -0.1) is 0 Å². The Balaban J connectivity index is 1.36. The van der Waals surface area contributed by atoms with E-state index in [0.717, 1.165) is 19.3 Å². The van der Waals surface area contributed by atoms with Gasteiger partial charge >= 0.3 is 6.18 Å². The zero-order chi connectivity index (χ0) is 29.1. The van der Waals surface area contributed by atoms with Crippen molar-refractivity contribution in [3.63, 3.8) is 0 Å². The van der Waals surface area contributed by atoms with Crippen LogP contribution >= 0.6 is 11.6 Å². The summed E-state index contributed by atoms with van der Waals surface area (Å²) in [7, 11) is 0. The molecule has 1 amide bonds. The van der Waals surface area contributed by atoms with Crippen molar-refractivity contribution < 1.29 is 23.1 Å². The standard InChI is InChI=1S/C30H29ClF3N5O2/c1-29(41,21-4-2-3-17(13-21)14-30(32,33)34)20-8-5-18(6-9-20)25-26-27(35)36-15-23(31)39(26)28(37-25)19-7-10-22-11-12-24(40)38(22)16-19/h2-6,8-9,13,15,19,22,41H,7,10-12,14,16H2,1H3,(H2,35,36)/t19-,22+,29-/m1/s1. The topological polar surface area (TPSA) is 96.8 Å². The number of aliphatic hydroxyl groups is 1. The summed E-state index contributed by atoms with van der Waals surface area (Å²) in [6.07, 6.45) is -0.713. The first-order valence-corrected chi connectivity index (χ1v) is 13.9. The van der Waals surface area contributed by atoms with Gasteiger partial charge in [0, 0.05) is 30.5 Å². The van der Waals surface area contributed by atoms with E-state index in [1.165, 1.54) is 24.4 Å². The van der Waals surface area contributed by atoms with Gasteiger partial charge in [-0.2, -0.15) is 13.2 Å². The number of rotatable bonds is 5. The molecule has 2 fully saturated rings. The molecule has 2 saturated heterocycles.